The SMILES string of the molecule is O=C(NC(CCN1CC2CN(C(=O)c3ccoc3)C[C@@H]2C1)c1ccccc1)OC1CCOC1. The molecule has 8 heteroatoms. The number of furan rings is 1. The number of rotatable bonds is 7. The molecular weight excluding hydrogens is 422 g/mol. The third-order valence-corrected chi connectivity index (χ3v) is 7.01. The van der Waals surface area contributed by atoms with Gasteiger partial charge in [0, 0.05) is 39.1 Å². The van der Waals surface area contributed by atoms with Crippen LogP contribution in [0.5, 0.6) is 0 Å². The summed E-state index contributed by atoms with van der Waals surface area (Å²) in [5.74, 6) is 1.05. The van der Waals surface area contributed by atoms with Crippen LogP contribution in [0.1, 0.15) is 34.8 Å². The Bertz CT molecular complexity index is 915. The fourth-order valence-corrected chi connectivity index (χ4v) is 5.26. The molecular formula is C25H31N3O5. The van der Waals surface area contributed by atoms with E-state index in [2.05, 4.69) is 10.2 Å². The van der Waals surface area contributed by atoms with Gasteiger partial charge in [-0.1, -0.05) is 30.3 Å². The summed E-state index contributed by atoms with van der Waals surface area (Å²) in [6.07, 6.45) is 4.07. The molecule has 4 atom stereocenters. The van der Waals surface area contributed by atoms with Crippen molar-refractivity contribution in [1.82, 2.24) is 15.1 Å². The molecule has 1 aromatic carbocycles. The molecule has 8 nitrogen and oxygen atoms in total. The Labute approximate surface area is 193 Å². The number of alkyl carbamates (subject to hydrolysis) is 1. The van der Waals surface area contributed by atoms with Gasteiger partial charge in [-0.05, 0) is 29.9 Å². The van der Waals surface area contributed by atoms with E-state index in [-0.39, 0.29) is 24.1 Å². The first-order chi connectivity index (χ1) is 16.2. The molecule has 3 aliphatic heterocycles. The molecule has 0 bridgehead atoms. The Balaban J connectivity index is 1.13. The van der Waals surface area contributed by atoms with E-state index in [1.807, 2.05) is 35.2 Å². The summed E-state index contributed by atoms with van der Waals surface area (Å²) in [5.41, 5.74) is 1.70. The van der Waals surface area contributed by atoms with Crippen LogP contribution < -0.4 is 5.32 Å². The van der Waals surface area contributed by atoms with E-state index in [4.69, 9.17) is 13.9 Å². The summed E-state index contributed by atoms with van der Waals surface area (Å²) in [7, 11) is 0. The highest BCUT2D eigenvalue weighted by Crippen LogP contribution is 2.32. The van der Waals surface area contributed by atoms with Crippen molar-refractivity contribution in [3.05, 3.63) is 60.1 Å². The van der Waals surface area contributed by atoms with Crippen molar-refractivity contribution in [3.8, 4) is 0 Å². The summed E-state index contributed by atoms with van der Waals surface area (Å²) in [6, 6.07) is 11.7. The standard InChI is InChI=1S/C25H31N3O5/c29-24(19-7-10-31-16-19)28-14-20-12-27(13-21(20)15-28)9-6-23(18-4-2-1-3-5-18)26-25(30)33-22-8-11-32-17-22/h1-5,7,10,16,20-23H,6,8-9,11-15,17H2,(H,26,30)/t20-,21?,22?,23?/m0/s1. The molecule has 5 rings (SSSR count). The number of fused-ring (bicyclic) bond motifs is 1. The first-order valence-corrected chi connectivity index (χ1v) is 11.8. The molecule has 0 saturated carbocycles. The van der Waals surface area contributed by atoms with Crippen molar-refractivity contribution in [2.75, 3.05) is 45.9 Å². The topological polar surface area (TPSA) is 84.3 Å². The molecule has 3 fully saturated rings. The number of hydrogen-bond donors (Lipinski definition) is 1. The van der Waals surface area contributed by atoms with Crippen molar-refractivity contribution >= 4 is 12.0 Å². The van der Waals surface area contributed by atoms with E-state index in [9.17, 15) is 9.59 Å². The number of hydrogen-bond acceptors (Lipinski definition) is 6. The van der Waals surface area contributed by atoms with Crippen LogP contribution in [-0.2, 0) is 9.47 Å². The van der Waals surface area contributed by atoms with Gasteiger partial charge < -0.3 is 29.0 Å². The van der Waals surface area contributed by atoms with E-state index in [1.54, 1.807) is 12.3 Å². The maximum atomic E-state index is 12.6. The summed E-state index contributed by atoms with van der Waals surface area (Å²) >= 11 is 0. The highest BCUT2D eigenvalue weighted by Gasteiger charge is 2.41. The Kier molecular flexibility index (Phi) is 6.64. The van der Waals surface area contributed by atoms with Gasteiger partial charge in [-0.2, -0.15) is 0 Å². The predicted octanol–water partition coefficient (Wildman–Crippen LogP) is 2.93. The van der Waals surface area contributed by atoms with Gasteiger partial charge in [-0.15, -0.1) is 0 Å². The number of carbonyl (C=O) groups is 2. The fourth-order valence-electron chi connectivity index (χ4n) is 5.26. The Morgan fingerprint density at radius 2 is 1.88 bits per heavy atom. The smallest absolute Gasteiger partial charge is 0.407 e. The third kappa shape index (κ3) is 5.23. The molecule has 0 radical (unpaired) electrons. The van der Waals surface area contributed by atoms with Crippen LogP contribution in [-0.4, -0.2) is 73.8 Å². The molecule has 4 heterocycles. The van der Waals surface area contributed by atoms with Crippen LogP contribution in [0, 0.1) is 11.8 Å². The minimum Gasteiger partial charge on any atom is -0.472 e. The van der Waals surface area contributed by atoms with Crippen molar-refractivity contribution in [2.45, 2.75) is 25.0 Å². The lowest BCUT2D eigenvalue weighted by atomic mass is 10.0. The molecule has 0 spiro atoms. The number of ether oxygens (including phenoxy) is 2. The molecule has 2 amide bonds. The summed E-state index contributed by atoms with van der Waals surface area (Å²) in [5, 5.41) is 3.07. The lowest BCUT2D eigenvalue weighted by molar-refractivity contribution is 0.0773. The molecule has 1 aromatic heterocycles. The highest BCUT2D eigenvalue weighted by atomic mass is 16.6. The molecule has 176 valence electrons. The number of benzene rings is 1. The molecule has 2 aromatic rings. The van der Waals surface area contributed by atoms with Crippen LogP contribution in [0.4, 0.5) is 4.79 Å². The third-order valence-electron chi connectivity index (χ3n) is 7.01. The second-order valence-electron chi connectivity index (χ2n) is 9.29. The summed E-state index contributed by atoms with van der Waals surface area (Å²) in [6.45, 7) is 5.54. The molecule has 3 aliphatic rings. The number of likely N-dealkylation sites (tertiary alicyclic amines) is 2. The van der Waals surface area contributed by atoms with Gasteiger partial charge in [0.1, 0.15) is 12.4 Å². The van der Waals surface area contributed by atoms with Gasteiger partial charge in [0.2, 0.25) is 0 Å². The first kappa shape index (κ1) is 22.0. The predicted molar refractivity (Wildman–Crippen MR) is 121 cm³/mol. The van der Waals surface area contributed by atoms with Crippen LogP contribution in [0.25, 0.3) is 0 Å². The van der Waals surface area contributed by atoms with Crippen LogP contribution in [0.2, 0.25) is 0 Å². The number of carbonyl (C=O) groups excluding carboxylic acids is 2. The number of nitrogens with one attached hydrogen (secondary N) is 1. The van der Waals surface area contributed by atoms with Gasteiger partial charge in [0.05, 0.1) is 31.1 Å². The quantitative estimate of drug-likeness (QED) is 0.694. The van der Waals surface area contributed by atoms with Crippen LogP contribution >= 0.6 is 0 Å². The van der Waals surface area contributed by atoms with Gasteiger partial charge >= 0.3 is 6.09 Å². The zero-order valence-corrected chi connectivity index (χ0v) is 18.7. The first-order valence-electron chi connectivity index (χ1n) is 11.8. The monoisotopic (exact) mass is 453 g/mol. The van der Waals surface area contributed by atoms with E-state index >= 15 is 0 Å². The van der Waals surface area contributed by atoms with E-state index in [0.29, 0.717) is 30.6 Å². The minimum atomic E-state index is -0.383. The Morgan fingerprint density at radius 1 is 1.09 bits per heavy atom. The summed E-state index contributed by atoms with van der Waals surface area (Å²) in [4.78, 5) is 29.5. The van der Waals surface area contributed by atoms with Gasteiger partial charge in [0.15, 0.2) is 0 Å². The Morgan fingerprint density at radius 3 is 2.55 bits per heavy atom. The molecule has 0 aliphatic carbocycles. The molecule has 3 unspecified atom stereocenters. The van der Waals surface area contributed by atoms with Crippen LogP contribution in [0.3, 0.4) is 0 Å². The van der Waals surface area contributed by atoms with Crippen molar-refractivity contribution < 1.29 is 23.5 Å². The van der Waals surface area contributed by atoms with Crippen LogP contribution in [0.15, 0.2) is 53.3 Å². The number of amides is 2. The van der Waals surface area contributed by atoms with E-state index in [0.717, 1.165) is 51.1 Å². The molecule has 33 heavy (non-hydrogen) atoms. The van der Waals surface area contributed by atoms with Gasteiger partial charge in [0.25, 0.3) is 5.91 Å². The van der Waals surface area contributed by atoms with Crippen molar-refractivity contribution in [1.29, 1.82) is 0 Å². The zero-order valence-electron chi connectivity index (χ0n) is 18.7. The normalized spacial score (nSPS) is 25.7. The lowest BCUT2D eigenvalue weighted by Crippen LogP contribution is -2.36. The highest BCUT2D eigenvalue weighted by molar-refractivity contribution is 5.94. The van der Waals surface area contributed by atoms with E-state index in [1.165, 1.54) is 6.26 Å². The lowest BCUT2D eigenvalue weighted by Gasteiger charge is -2.25. The second-order valence-corrected chi connectivity index (χ2v) is 9.29. The average Bonchev–Trinajstić information content (AvgIpc) is 3.62. The molecule has 1 N–H and O–H groups in total. The molecule has 3 saturated heterocycles. The van der Waals surface area contributed by atoms with Gasteiger partial charge in [-0.25, -0.2) is 4.79 Å². The maximum absolute atomic E-state index is 12.6. The van der Waals surface area contributed by atoms with E-state index < -0.39 is 0 Å². The zero-order chi connectivity index (χ0) is 22.6. The summed E-state index contributed by atoms with van der Waals surface area (Å²) < 4.78 is 15.9. The second kappa shape index (κ2) is 9.97. The van der Waals surface area contributed by atoms with Gasteiger partial charge in [-0.3, -0.25) is 4.79 Å². The minimum absolute atomic E-state index is 0.0595. The van der Waals surface area contributed by atoms with Crippen molar-refractivity contribution in [3.63, 3.8) is 0 Å². The average molecular weight is 454 g/mol. The number of nitrogens with zero attached hydrogens (tertiary/aromatic N) is 2. The fraction of sp³-hybridized carbons (Fsp3) is 0.520. The largest absolute Gasteiger partial charge is 0.472 e. The maximum Gasteiger partial charge on any atom is 0.407 e. The van der Waals surface area contributed by atoms with Crippen molar-refractivity contribution in [2.24, 2.45) is 11.8 Å². The Hall–Kier alpha value is -2.84.